The highest BCUT2D eigenvalue weighted by molar-refractivity contribution is 5.39. The van der Waals surface area contributed by atoms with Crippen LogP contribution >= 0.6 is 0 Å². The lowest BCUT2D eigenvalue weighted by molar-refractivity contribution is 0.321. The van der Waals surface area contributed by atoms with E-state index in [9.17, 15) is 0 Å². The van der Waals surface area contributed by atoms with E-state index in [1.54, 1.807) is 0 Å². The summed E-state index contributed by atoms with van der Waals surface area (Å²) in [6.45, 7) is 4.27. The Balaban J connectivity index is 1.56. The summed E-state index contributed by atoms with van der Waals surface area (Å²) in [6, 6.07) is 10.2. The number of benzene rings is 1. The molecule has 0 saturated carbocycles. The second-order valence-corrected chi connectivity index (χ2v) is 4.61. The van der Waals surface area contributed by atoms with E-state index in [0.29, 0.717) is 12.5 Å². The normalized spacial score (nSPS) is 17.5. The maximum Gasteiger partial charge on any atom is 0.150 e. The Bertz CT molecular complexity index is 536. The van der Waals surface area contributed by atoms with Gasteiger partial charge in [-0.25, -0.2) is 0 Å². The van der Waals surface area contributed by atoms with Gasteiger partial charge in [0, 0.05) is 24.1 Å². The van der Waals surface area contributed by atoms with Crippen molar-refractivity contribution in [2.24, 2.45) is 0 Å². The first-order chi connectivity index (χ1) is 8.83. The largest absolute Gasteiger partial charge is 0.493 e. The average Bonchev–Trinajstić information content (AvgIpc) is 2.97. The smallest absolute Gasteiger partial charge is 0.150 e. The third kappa shape index (κ3) is 2.24. The number of para-hydroxylation sites is 1. The summed E-state index contributed by atoms with van der Waals surface area (Å²) in [5.41, 5.74) is 2.21. The highest BCUT2D eigenvalue weighted by atomic mass is 16.5. The van der Waals surface area contributed by atoms with Crippen LogP contribution in [0.4, 0.5) is 0 Å². The van der Waals surface area contributed by atoms with Crippen molar-refractivity contribution in [1.82, 2.24) is 10.5 Å². The van der Waals surface area contributed by atoms with Crippen molar-refractivity contribution < 1.29 is 9.26 Å². The van der Waals surface area contributed by atoms with Gasteiger partial charge >= 0.3 is 0 Å². The minimum absolute atomic E-state index is 0.421. The zero-order chi connectivity index (χ0) is 12.4. The molecule has 1 aromatic heterocycles. The minimum atomic E-state index is 0.421. The predicted molar refractivity (Wildman–Crippen MR) is 67.6 cm³/mol. The molecule has 0 spiro atoms. The Labute approximate surface area is 106 Å². The van der Waals surface area contributed by atoms with Crippen LogP contribution in [0.3, 0.4) is 0 Å². The van der Waals surface area contributed by atoms with E-state index in [0.717, 1.165) is 30.4 Å². The molecule has 1 aliphatic heterocycles. The lowest BCUT2D eigenvalue weighted by Gasteiger charge is -2.08. The summed E-state index contributed by atoms with van der Waals surface area (Å²) in [7, 11) is 0. The van der Waals surface area contributed by atoms with Crippen LogP contribution in [-0.2, 0) is 6.54 Å². The molecule has 0 fully saturated rings. The SMILES string of the molecule is Cc1cc(CNCC2COc3ccccc32)on1. The molecule has 4 heteroatoms. The Morgan fingerprint density at radius 1 is 1.39 bits per heavy atom. The number of nitrogens with one attached hydrogen (secondary N) is 1. The fourth-order valence-electron chi connectivity index (χ4n) is 2.27. The van der Waals surface area contributed by atoms with Crippen molar-refractivity contribution in [2.45, 2.75) is 19.4 Å². The van der Waals surface area contributed by atoms with E-state index in [1.807, 2.05) is 25.1 Å². The van der Waals surface area contributed by atoms with Crippen LogP contribution in [0.1, 0.15) is 22.9 Å². The molecule has 1 aliphatic rings. The maximum atomic E-state index is 5.64. The molecule has 94 valence electrons. The van der Waals surface area contributed by atoms with Crippen LogP contribution in [-0.4, -0.2) is 18.3 Å². The molecule has 0 bridgehead atoms. The summed E-state index contributed by atoms with van der Waals surface area (Å²) in [6.07, 6.45) is 0. The molecule has 3 rings (SSSR count). The molecular weight excluding hydrogens is 228 g/mol. The lowest BCUT2D eigenvalue weighted by Crippen LogP contribution is -2.21. The number of hydrogen-bond donors (Lipinski definition) is 1. The zero-order valence-electron chi connectivity index (χ0n) is 10.3. The first-order valence-electron chi connectivity index (χ1n) is 6.17. The van der Waals surface area contributed by atoms with E-state index in [4.69, 9.17) is 9.26 Å². The topological polar surface area (TPSA) is 47.3 Å². The number of aromatic nitrogens is 1. The monoisotopic (exact) mass is 244 g/mol. The van der Waals surface area contributed by atoms with Crippen molar-refractivity contribution in [3.8, 4) is 5.75 Å². The number of hydrogen-bond acceptors (Lipinski definition) is 4. The molecule has 2 aromatic rings. The summed E-state index contributed by atoms with van der Waals surface area (Å²) in [5, 5.41) is 7.25. The highest BCUT2D eigenvalue weighted by Crippen LogP contribution is 2.32. The van der Waals surface area contributed by atoms with Gasteiger partial charge in [-0.3, -0.25) is 0 Å². The van der Waals surface area contributed by atoms with Gasteiger partial charge < -0.3 is 14.6 Å². The number of nitrogens with zero attached hydrogens (tertiary/aromatic N) is 1. The summed E-state index contributed by atoms with van der Waals surface area (Å²) < 4.78 is 10.8. The van der Waals surface area contributed by atoms with Gasteiger partial charge in [0.15, 0.2) is 5.76 Å². The van der Waals surface area contributed by atoms with E-state index in [1.165, 1.54) is 5.56 Å². The van der Waals surface area contributed by atoms with Gasteiger partial charge in [-0.15, -0.1) is 0 Å². The highest BCUT2D eigenvalue weighted by Gasteiger charge is 2.22. The molecule has 0 amide bonds. The van der Waals surface area contributed by atoms with Crippen LogP contribution in [0.5, 0.6) is 5.75 Å². The molecule has 2 heterocycles. The van der Waals surface area contributed by atoms with Gasteiger partial charge in [-0.05, 0) is 13.0 Å². The molecule has 1 atom stereocenters. The van der Waals surface area contributed by atoms with Crippen molar-refractivity contribution in [2.75, 3.05) is 13.2 Å². The molecule has 4 nitrogen and oxygen atoms in total. The minimum Gasteiger partial charge on any atom is -0.493 e. The zero-order valence-corrected chi connectivity index (χ0v) is 10.3. The Morgan fingerprint density at radius 3 is 3.11 bits per heavy atom. The summed E-state index contributed by atoms with van der Waals surface area (Å²) in [4.78, 5) is 0. The van der Waals surface area contributed by atoms with Crippen molar-refractivity contribution in [3.05, 3.63) is 47.3 Å². The first kappa shape index (κ1) is 11.3. The molecule has 0 radical (unpaired) electrons. The van der Waals surface area contributed by atoms with Crippen LogP contribution in [0.25, 0.3) is 0 Å². The molecule has 1 aromatic carbocycles. The van der Waals surface area contributed by atoms with E-state index < -0.39 is 0 Å². The van der Waals surface area contributed by atoms with Gasteiger partial charge in [0.25, 0.3) is 0 Å². The number of ether oxygens (including phenoxy) is 1. The van der Waals surface area contributed by atoms with Gasteiger partial charge in [-0.2, -0.15) is 0 Å². The average molecular weight is 244 g/mol. The van der Waals surface area contributed by atoms with Crippen molar-refractivity contribution in [3.63, 3.8) is 0 Å². The first-order valence-corrected chi connectivity index (χ1v) is 6.17. The van der Waals surface area contributed by atoms with Crippen LogP contribution in [0.2, 0.25) is 0 Å². The number of rotatable bonds is 4. The Morgan fingerprint density at radius 2 is 2.28 bits per heavy atom. The molecule has 1 N–H and O–H groups in total. The standard InChI is InChI=1S/C14H16N2O2/c1-10-6-12(18-16-10)8-15-7-11-9-17-14-5-3-2-4-13(11)14/h2-6,11,15H,7-9H2,1H3. The van der Waals surface area contributed by atoms with Crippen LogP contribution in [0.15, 0.2) is 34.9 Å². The molecule has 0 saturated heterocycles. The van der Waals surface area contributed by atoms with Crippen LogP contribution in [0, 0.1) is 6.92 Å². The van der Waals surface area contributed by atoms with Gasteiger partial charge in [0.1, 0.15) is 5.75 Å². The third-order valence-corrected chi connectivity index (χ3v) is 3.17. The molecular formula is C14H16N2O2. The second kappa shape index (κ2) is 4.82. The van der Waals surface area contributed by atoms with Gasteiger partial charge in [0.05, 0.1) is 18.8 Å². The molecule has 0 aliphatic carbocycles. The Hall–Kier alpha value is -1.81. The van der Waals surface area contributed by atoms with Gasteiger partial charge in [-0.1, -0.05) is 23.4 Å². The lowest BCUT2D eigenvalue weighted by atomic mass is 10.0. The summed E-state index contributed by atoms with van der Waals surface area (Å²) >= 11 is 0. The third-order valence-electron chi connectivity index (χ3n) is 3.17. The fraction of sp³-hybridized carbons (Fsp3) is 0.357. The predicted octanol–water partition coefficient (Wildman–Crippen LogP) is 2.25. The fourth-order valence-corrected chi connectivity index (χ4v) is 2.27. The van der Waals surface area contributed by atoms with Crippen LogP contribution < -0.4 is 10.1 Å². The summed E-state index contributed by atoms with van der Waals surface area (Å²) in [5.74, 6) is 2.31. The molecule has 1 unspecified atom stereocenters. The van der Waals surface area contributed by atoms with E-state index in [-0.39, 0.29) is 0 Å². The number of aryl methyl sites for hydroxylation is 1. The second-order valence-electron chi connectivity index (χ2n) is 4.61. The molecule has 18 heavy (non-hydrogen) atoms. The van der Waals surface area contributed by atoms with E-state index >= 15 is 0 Å². The van der Waals surface area contributed by atoms with Crippen molar-refractivity contribution in [1.29, 1.82) is 0 Å². The number of fused-ring (bicyclic) bond motifs is 1. The quantitative estimate of drug-likeness (QED) is 0.896. The van der Waals surface area contributed by atoms with E-state index in [2.05, 4.69) is 22.6 Å². The Kier molecular flexibility index (Phi) is 3.02. The van der Waals surface area contributed by atoms with Crippen molar-refractivity contribution >= 4 is 0 Å². The maximum absolute atomic E-state index is 5.64. The van der Waals surface area contributed by atoms with Gasteiger partial charge in [0.2, 0.25) is 0 Å².